The normalized spacial score (nSPS) is 22.2. The minimum Gasteiger partial charge on any atom is -0.494 e. The molecule has 2 aromatic carbocycles. The number of hydrogen-bond donors (Lipinski definition) is 3. The number of imide groups is 1. The molecular weight excluding hydrogens is 784 g/mol. The van der Waals surface area contributed by atoms with Crippen molar-refractivity contribution in [1.29, 1.82) is 0 Å². The van der Waals surface area contributed by atoms with Crippen LogP contribution >= 0.6 is 0 Å². The Hall–Kier alpha value is -5.69. The second kappa shape index (κ2) is 20.9. The van der Waals surface area contributed by atoms with Crippen LogP contribution in [0.3, 0.4) is 0 Å². The van der Waals surface area contributed by atoms with Crippen molar-refractivity contribution in [3.8, 4) is 0 Å². The van der Waals surface area contributed by atoms with Crippen molar-refractivity contribution < 1.29 is 23.5 Å². The first-order valence-corrected chi connectivity index (χ1v) is 22.1. The average Bonchev–Trinajstić information content (AvgIpc) is 3.22. The Morgan fingerprint density at radius 2 is 1.77 bits per heavy atom. The van der Waals surface area contributed by atoms with E-state index in [9.17, 15) is 18.8 Å². The second-order valence-electron chi connectivity index (χ2n) is 17.0. The molecule has 332 valence electrons. The van der Waals surface area contributed by atoms with Gasteiger partial charge >= 0.3 is 6.03 Å². The van der Waals surface area contributed by atoms with Crippen molar-refractivity contribution in [1.82, 2.24) is 20.4 Å². The lowest BCUT2D eigenvalue weighted by molar-refractivity contribution is -0.120. The number of benzene rings is 2. The molecule has 3 saturated heterocycles. The van der Waals surface area contributed by atoms with Crippen LogP contribution in [0.25, 0.3) is 0 Å². The number of aliphatic imine (C=N–C) groups is 1. The zero-order valence-corrected chi connectivity index (χ0v) is 37.5. The van der Waals surface area contributed by atoms with E-state index in [1.807, 2.05) is 39.1 Å². The molecule has 4 fully saturated rings. The lowest BCUT2D eigenvalue weighted by Gasteiger charge is -2.47. The van der Waals surface area contributed by atoms with Crippen molar-refractivity contribution in [2.75, 3.05) is 74.1 Å². The first-order valence-electron chi connectivity index (χ1n) is 22.1. The maximum absolute atomic E-state index is 14.2. The fourth-order valence-corrected chi connectivity index (χ4v) is 8.89. The number of carbonyl (C=O) groups is 3. The summed E-state index contributed by atoms with van der Waals surface area (Å²) in [6, 6.07) is 11.6. The van der Waals surface area contributed by atoms with Crippen LogP contribution < -0.4 is 25.8 Å². The number of nitrogens with one attached hydrogen (secondary N) is 3. The van der Waals surface area contributed by atoms with Gasteiger partial charge in [0.05, 0.1) is 5.70 Å². The number of hydrogen-bond acceptors (Lipinski definition) is 9. The molecule has 1 aliphatic carbocycles. The number of ether oxygens (including phenoxy) is 1. The molecule has 2 aromatic rings. The third-order valence-corrected chi connectivity index (χ3v) is 12.6. The Morgan fingerprint density at radius 3 is 2.40 bits per heavy atom. The van der Waals surface area contributed by atoms with E-state index in [0.29, 0.717) is 43.2 Å². The summed E-state index contributed by atoms with van der Waals surface area (Å²) >= 11 is 0. The van der Waals surface area contributed by atoms with Gasteiger partial charge in [0.1, 0.15) is 29.8 Å². The Balaban J connectivity index is 0.000000213. The lowest BCUT2D eigenvalue weighted by Crippen LogP contribution is -2.54. The Bertz CT molecular complexity index is 2160. The fraction of sp³-hybridized carbons (Fsp3) is 0.469. The van der Waals surface area contributed by atoms with Crippen LogP contribution in [-0.4, -0.2) is 98.4 Å². The summed E-state index contributed by atoms with van der Waals surface area (Å²) in [5.74, 6) is 1.82. The number of carbonyl (C=O) groups excluding carboxylic acids is 3. The van der Waals surface area contributed by atoms with Gasteiger partial charge in [0.15, 0.2) is 0 Å². The molecule has 3 N–H and O–H groups in total. The molecule has 3 amide bonds. The fourth-order valence-electron chi connectivity index (χ4n) is 8.89. The van der Waals surface area contributed by atoms with E-state index in [-0.39, 0.29) is 24.1 Å². The Morgan fingerprint density at radius 1 is 1.02 bits per heavy atom. The van der Waals surface area contributed by atoms with E-state index in [0.717, 1.165) is 103 Å². The molecule has 0 atom stereocenters. The van der Waals surface area contributed by atoms with E-state index in [2.05, 4.69) is 74.8 Å². The minimum atomic E-state index is -0.403. The van der Waals surface area contributed by atoms with E-state index < -0.39 is 5.82 Å². The smallest absolute Gasteiger partial charge is 0.328 e. The molecule has 0 radical (unpaired) electrons. The summed E-state index contributed by atoms with van der Waals surface area (Å²) in [6.45, 7) is 27.8. The maximum atomic E-state index is 14.2. The molecule has 4 aliphatic heterocycles. The highest BCUT2D eigenvalue weighted by Gasteiger charge is 2.34. The van der Waals surface area contributed by atoms with Gasteiger partial charge in [-0.1, -0.05) is 32.6 Å². The van der Waals surface area contributed by atoms with Crippen molar-refractivity contribution >= 4 is 40.6 Å². The molecule has 62 heavy (non-hydrogen) atoms. The SMILES string of the molecule is C=C/C(=C(/C)C1=C(C)OCCN1)N1CC/C(=C/N=C(C)Nc2ccc(CC(C)=O)c(F)c2)C(=C)C1.CCC1CC(N2CCN(c3ccc(N4CCC(=O)NC4=O)c(C)c3)CC2)C1. The lowest BCUT2D eigenvalue weighted by atomic mass is 9.77. The molecule has 7 rings (SSSR count). The van der Waals surface area contributed by atoms with Crippen LogP contribution in [-0.2, 0) is 20.7 Å². The molecule has 1 saturated carbocycles. The van der Waals surface area contributed by atoms with Gasteiger partial charge in [0.2, 0.25) is 5.91 Å². The highest BCUT2D eigenvalue weighted by molar-refractivity contribution is 6.06. The third-order valence-electron chi connectivity index (χ3n) is 12.6. The molecule has 0 aromatic heterocycles. The summed E-state index contributed by atoms with van der Waals surface area (Å²) in [6.07, 6.45) is 9.05. The number of amidine groups is 1. The number of Topliss-reactive ketones (excluding diaryl/α,β-unsaturated/α-hetero) is 1. The van der Waals surface area contributed by atoms with Crippen LogP contribution in [0.2, 0.25) is 0 Å². The molecule has 4 heterocycles. The van der Waals surface area contributed by atoms with Crippen molar-refractivity contribution in [2.45, 2.75) is 86.1 Å². The Kier molecular flexibility index (Phi) is 15.5. The first kappa shape index (κ1) is 45.8. The number of amides is 3. The topological polar surface area (TPSA) is 122 Å². The van der Waals surface area contributed by atoms with Crippen LogP contribution in [0.5, 0.6) is 0 Å². The largest absolute Gasteiger partial charge is 0.494 e. The number of nitrogens with zero attached hydrogens (tertiary/aromatic N) is 5. The maximum Gasteiger partial charge on any atom is 0.328 e. The third kappa shape index (κ3) is 11.4. The van der Waals surface area contributed by atoms with E-state index in [1.165, 1.54) is 37.9 Å². The van der Waals surface area contributed by atoms with Crippen molar-refractivity contribution in [3.05, 3.63) is 113 Å². The predicted molar refractivity (Wildman–Crippen MR) is 248 cm³/mol. The van der Waals surface area contributed by atoms with Gasteiger partial charge < -0.3 is 25.2 Å². The van der Waals surface area contributed by atoms with Gasteiger partial charge in [0.25, 0.3) is 0 Å². The molecular formula is C49H65FN8O4. The number of halogens is 1. The molecule has 0 bridgehead atoms. The molecule has 12 nitrogen and oxygen atoms in total. The number of aryl methyl sites for hydroxylation is 1. The highest BCUT2D eigenvalue weighted by Crippen LogP contribution is 2.35. The van der Waals surface area contributed by atoms with Crippen LogP contribution in [0.15, 0.2) is 101 Å². The predicted octanol–water partition coefficient (Wildman–Crippen LogP) is 8.00. The molecule has 0 unspecified atom stereocenters. The first-order chi connectivity index (χ1) is 29.7. The zero-order chi connectivity index (χ0) is 44.5. The number of allylic oxidation sites excluding steroid dienone is 3. The summed E-state index contributed by atoms with van der Waals surface area (Å²) in [4.78, 5) is 48.3. The number of rotatable bonds is 11. The highest BCUT2D eigenvalue weighted by atomic mass is 19.1. The van der Waals surface area contributed by atoms with Crippen LogP contribution in [0, 0.1) is 18.7 Å². The van der Waals surface area contributed by atoms with Crippen molar-refractivity contribution in [2.24, 2.45) is 10.9 Å². The van der Waals surface area contributed by atoms with Gasteiger partial charge in [0, 0.05) is 100 Å². The van der Waals surface area contributed by atoms with Gasteiger partial charge in [-0.25, -0.2) is 14.2 Å². The number of urea groups is 1. The van der Waals surface area contributed by atoms with Crippen LogP contribution in [0.1, 0.15) is 77.8 Å². The summed E-state index contributed by atoms with van der Waals surface area (Å²) in [7, 11) is 0. The van der Waals surface area contributed by atoms with E-state index in [1.54, 1.807) is 17.0 Å². The number of anilines is 3. The summed E-state index contributed by atoms with van der Waals surface area (Å²) in [5.41, 5.74) is 9.45. The summed E-state index contributed by atoms with van der Waals surface area (Å²) in [5, 5.41) is 8.94. The average molecular weight is 849 g/mol. The van der Waals surface area contributed by atoms with E-state index in [4.69, 9.17) is 4.74 Å². The van der Waals surface area contributed by atoms with Gasteiger partial charge in [-0.05, 0) is 124 Å². The van der Waals surface area contributed by atoms with Crippen LogP contribution in [0.4, 0.5) is 26.2 Å². The van der Waals surface area contributed by atoms with Gasteiger partial charge in [-0.2, -0.15) is 0 Å². The van der Waals surface area contributed by atoms with Gasteiger partial charge in [-0.15, -0.1) is 0 Å². The second-order valence-corrected chi connectivity index (χ2v) is 17.0. The number of piperazine rings is 1. The number of piperidine rings is 1. The number of likely N-dealkylation sites (tertiary alicyclic amines) is 1. The molecule has 0 spiro atoms. The minimum absolute atomic E-state index is 0.0713. The number of ketones is 1. The van der Waals surface area contributed by atoms with Gasteiger partial charge in [-0.3, -0.25) is 24.7 Å². The molecule has 13 heteroatoms. The Labute approximate surface area is 367 Å². The quantitative estimate of drug-likeness (QED) is 0.117. The zero-order valence-electron chi connectivity index (χ0n) is 37.5. The van der Waals surface area contributed by atoms with Crippen molar-refractivity contribution in [3.63, 3.8) is 0 Å². The molecule has 5 aliphatic rings. The standard InChI is InChI=1S/C28H35FN4O2.C21H30N4O2/c1-7-27(20(4)28-21(5)35-13-11-30-28)33-12-10-24(18(2)17-33)16-31-22(6)32-25-9-8-23(14-19(3)34)26(29)15-25;1-3-16-13-18(14-16)24-10-8-23(9-11-24)17-4-5-19(15(2)12-17)25-7-6-20(26)22-21(25)27/h7-9,15-16,30H,1-2,10-14,17H2,3-6H3,(H,31,32);4-5,12,16,18H,3,6-11,13-14H2,1-2H3,(H,22,26,27)/b24-16-,27-20+;. The monoisotopic (exact) mass is 849 g/mol. The summed E-state index contributed by atoms with van der Waals surface area (Å²) < 4.78 is 19.9. The van der Waals surface area contributed by atoms with E-state index >= 15 is 0 Å².